The highest BCUT2D eigenvalue weighted by molar-refractivity contribution is 9.10. The molecule has 0 amide bonds. The molecular weight excluding hydrogens is 313 g/mol. The van der Waals surface area contributed by atoms with Crippen molar-refractivity contribution in [2.75, 3.05) is 7.05 Å². The van der Waals surface area contributed by atoms with Gasteiger partial charge < -0.3 is 5.32 Å². The number of likely N-dealkylation sites (N-methyl/N-ethyl adjacent to an activating group) is 1. The van der Waals surface area contributed by atoms with Crippen LogP contribution in [0.1, 0.15) is 10.4 Å². The first-order valence-corrected chi connectivity index (χ1v) is 7.49. The van der Waals surface area contributed by atoms with Crippen LogP contribution in [-0.4, -0.2) is 13.1 Å². The van der Waals surface area contributed by atoms with Crippen LogP contribution in [0.5, 0.6) is 0 Å². The van der Waals surface area contributed by atoms with E-state index in [1.165, 1.54) is 10.9 Å². The van der Waals surface area contributed by atoms with Gasteiger partial charge in [0.25, 0.3) is 0 Å². The second-order valence-corrected chi connectivity index (χ2v) is 6.20. The van der Waals surface area contributed by atoms with Gasteiger partial charge in [0.1, 0.15) is 5.82 Å². The van der Waals surface area contributed by atoms with E-state index in [2.05, 4.69) is 38.8 Å². The van der Waals surface area contributed by atoms with Gasteiger partial charge in [0.15, 0.2) is 0 Å². The lowest BCUT2D eigenvalue weighted by molar-refractivity contribution is 0.556. The molecule has 0 aliphatic rings. The van der Waals surface area contributed by atoms with E-state index in [0.717, 1.165) is 22.9 Å². The molecular formula is C14H15BrFNS. The zero-order valence-corrected chi connectivity index (χ0v) is 12.5. The van der Waals surface area contributed by atoms with Crippen LogP contribution in [0.3, 0.4) is 0 Å². The van der Waals surface area contributed by atoms with Gasteiger partial charge in [-0.1, -0.05) is 22.0 Å². The van der Waals surface area contributed by atoms with Gasteiger partial charge in [-0.2, -0.15) is 0 Å². The molecule has 18 heavy (non-hydrogen) atoms. The average Bonchev–Trinajstić information content (AvgIpc) is 2.79. The molecule has 0 saturated heterocycles. The number of nitrogens with one attached hydrogen (secondary N) is 1. The van der Waals surface area contributed by atoms with Gasteiger partial charge in [-0.15, -0.1) is 11.3 Å². The molecule has 1 nitrogen and oxygen atoms in total. The highest BCUT2D eigenvalue weighted by Crippen LogP contribution is 2.18. The third-order valence-corrected chi connectivity index (χ3v) is 4.20. The van der Waals surface area contributed by atoms with E-state index in [1.807, 2.05) is 13.1 Å². The van der Waals surface area contributed by atoms with Gasteiger partial charge in [-0.05, 0) is 55.1 Å². The van der Waals surface area contributed by atoms with Gasteiger partial charge >= 0.3 is 0 Å². The van der Waals surface area contributed by atoms with Crippen molar-refractivity contribution in [3.05, 3.63) is 56.4 Å². The first-order chi connectivity index (χ1) is 8.67. The summed E-state index contributed by atoms with van der Waals surface area (Å²) in [5.74, 6) is -0.189. The van der Waals surface area contributed by atoms with Crippen molar-refractivity contribution in [3.63, 3.8) is 0 Å². The average molecular weight is 328 g/mol. The lowest BCUT2D eigenvalue weighted by Crippen LogP contribution is -2.29. The number of halogens is 2. The topological polar surface area (TPSA) is 12.0 Å². The molecule has 1 atom stereocenters. The van der Waals surface area contributed by atoms with Gasteiger partial charge in [0.05, 0.1) is 0 Å². The summed E-state index contributed by atoms with van der Waals surface area (Å²) in [5.41, 5.74) is 1.01. The smallest absolute Gasteiger partial charge is 0.124 e. The summed E-state index contributed by atoms with van der Waals surface area (Å²) in [6.45, 7) is 0. The molecule has 0 bridgehead atoms. The number of rotatable bonds is 5. The lowest BCUT2D eigenvalue weighted by atomic mass is 10.0. The maximum absolute atomic E-state index is 13.3. The van der Waals surface area contributed by atoms with Gasteiger partial charge in [-0.25, -0.2) is 4.39 Å². The van der Waals surface area contributed by atoms with Crippen LogP contribution in [0, 0.1) is 5.82 Å². The fourth-order valence-electron chi connectivity index (χ4n) is 1.96. The van der Waals surface area contributed by atoms with Gasteiger partial charge in [0, 0.05) is 15.4 Å². The van der Waals surface area contributed by atoms with Crippen molar-refractivity contribution in [3.8, 4) is 0 Å². The largest absolute Gasteiger partial charge is 0.316 e. The Kier molecular flexibility index (Phi) is 4.92. The van der Waals surface area contributed by atoms with Crippen LogP contribution in [0.25, 0.3) is 0 Å². The monoisotopic (exact) mass is 327 g/mol. The molecule has 1 N–H and O–H groups in total. The maximum Gasteiger partial charge on any atom is 0.124 e. The van der Waals surface area contributed by atoms with Crippen LogP contribution >= 0.6 is 27.3 Å². The number of hydrogen-bond donors (Lipinski definition) is 1. The summed E-state index contributed by atoms with van der Waals surface area (Å²) < 4.78 is 14.1. The summed E-state index contributed by atoms with van der Waals surface area (Å²) in [6.07, 6.45) is 1.80. The third-order valence-electron chi connectivity index (χ3n) is 2.84. The Morgan fingerprint density at radius 2 is 2.17 bits per heavy atom. The number of benzene rings is 1. The van der Waals surface area contributed by atoms with Crippen LogP contribution in [0.4, 0.5) is 4.39 Å². The van der Waals surface area contributed by atoms with Crippen molar-refractivity contribution in [2.45, 2.75) is 18.9 Å². The van der Waals surface area contributed by atoms with Gasteiger partial charge in [0.2, 0.25) is 0 Å². The van der Waals surface area contributed by atoms with Crippen LogP contribution in [-0.2, 0) is 12.8 Å². The van der Waals surface area contributed by atoms with E-state index >= 15 is 0 Å². The highest BCUT2D eigenvalue weighted by Gasteiger charge is 2.10. The van der Waals surface area contributed by atoms with E-state index in [0.29, 0.717) is 6.04 Å². The standard InChI is InChI=1S/C14H15BrFNS/c1-17-13(9-14-3-2-4-18-14)7-10-5-11(15)8-12(16)6-10/h2-6,8,13,17H,7,9H2,1H3. The minimum Gasteiger partial charge on any atom is -0.316 e. The molecule has 1 aromatic heterocycles. The number of thiophene rings is 1. The third kappa shape index (κ3) is 3.90. The second kappa shape index (κ2) is 6.45. The summed E-state index contributed by atoms with van der Waals surface area (Å²) in [4.78, 5) is 1.35. The Bertz CT molecular complexity index is 478. The van der Waals surface area contributed by atoms with Crippen LogP contribution in [0.15, 0.2) is 40.2 Å². The van der Waals surface area contributed by atoms with Gasteiger partial charge in [-0.3, -0.25) is 0 Å². The Morgan fingerprint density at radius 3 is 2.78 bits per heavy atom. The molecule has 1 unspecified atom stereocenters. The Labute approximate surface area is 119 Å². The van der Waals surface area contributed by atoms with E-state index in [4.69, 9.17) is 0 Å². The predicted octanol–water partition coefficient (Wildman–Crippen LogP) is 4.02. The molecule has 0 saturated carbocycles. The molecule has 2 aromatic rings. The normalized spacial score (nSPS) is 12.6. The van der Waals surface area contributed by atoms with E-state index < -0.39 is 0 Å². The van der Waals surface area contributed by atoms with Crippen molar-refractivity contribution in [1.29, 1.82) is 0 Å². The molecule has 2 rings (SSSR count). The van der Waals surface area contributed by atoms with E-state index in [9.17, 15) is 4.39 Å². The zero-order chi connectivity index (χ0) is 13.0. The SMILES string of the molecule is CNC(Cc1cc(F)cc(Br)c1)Cc1cccs1. The first-order valence-electron chi connectivity index (χ1n) is 5.82. The summed E-state index contributed by atoms with van der Waals surface area (Å²) >= 11 is 5.09. The minimum atomic E-state index is -0.189. The van der Waals surface area contributed by atoms with E-state index in [1.54, 1.807) is 17.4 Å². The molecule has 4 heteroatoms. The molecule has 1 heterocycles. The maximum atomic E-state index is 13.3. The summed E-state index contributed by atoms with van der Waals surface area (Å²) in [6, 6.07) is 9.59. The molecule has 0 aliphatic carbocycles. The summed E-state index contributed by atoms with van der Waals surface area (Å²) in [5, 5.41) is 5.38. The molecule has 0 fully saturated rings. The highest BCUT2D eigenvalue weighted by atomic mass is 79.9. The molecule has 0 aliphatic heterocycles. The quantitative estimate of drug-likeness (QED) is 0.874. The first kappa shape index (κ1) is 13.7. The Morgan fingerprint density at radius 1 is 1.33 bits per heavy atom. The van der Waals surface area contributed by atoms with Crippen molar-refractivity contribution in [2.24, 2.45) is 0 Å². The summed E-state index contributed by atoms with van der Waals surface area (Å²) in [7, 11) is 1.95. The van der Waals surface area contributed by atoms with Crippen molar-refractivity contribution < 1.29 is 4.39 Å². The molecule has 1 aromatic carbocycles. The fraction of sp³-hybridized carbons (Fsp3) is 0.286. The zero-order valence-electron chi connectivity index (χ0n) is 10.1. The molecule has 96 valence electrons. The Balaban J connectivity index is 2.05. The number of hydrogen-bond acceptors (Lipinski definition) is 2. The Hall–Kier alpha value is -0.710. The molecule has 0 spiro atoms. The van der Waals surface area contributed by atoms with Crippen molar-refractivity contribution in [1.82, 2.24) is 5.32 Å². The lowest BCUT2D eigenvalue weighted by Gasteiger charge is -2.15. The molecule has 0 radical (unpaired) electrons. The second-order valence-electron chi connectivity index (χ2n) is 4.25. The van der Waals surface area contributed by atoms with Crippen molar-refractivity contribution >= 4 is 27.3 Å². The predicted molar refractivity (Wildman–Crippen MR) is 78.7 cm³/mol. The van der Waals surface area contributed by atoms with Crippen LogP contribution < -0.4 is 5.32 Å². The van der Waals surface area contributed by atoms with Crippen LogP contribution in [0.2, 0.25) is 0 Å². The fourth-order valence-corrected chi connectivity index (χ4v) is 3.26. The van der Waals surface area contributed by atoms with E-state index in [-0.39, 0.29) is 5.82 Å². The minimum absolute atomic E-state index is 0.189.